The van der Waals surface area contributed by atoms with Crippen LogP contribution in [0.2, 0.25) is 10.0 Å². The van der Waals surface area contributed by atoms with E-state index in [9.17, 15) is 9.59 Å². The standard InChI is InChI=1S/C16H12Cl2N2O4/c17-11-5-6-12(13(18)7-11)16(23)20-19-8-10-3-1-2-4-14(10)24-9-15(21)22/h1-8H,9H2,(H,20,23)(H,21,22). The van der Waals surface area contributed by atoms with Crippen LogP contribution in [-0.4, -0.2) is 29.8 Å². The number of hydrogen-bond acceptors (Lipinski definition) is 4. The SMILES string of the molecule is O=C(O)COc1ccccc1C=NNC(=O)c1ccc(Cl)cc1Cl. The lowest BCUT2D eigenvalue weighted by atomic mass is 10.2. The normalized spacial score (nSPS) is 10.6. The second-order valence-corrected chi connectivity index (χ2v) is 5.39. The molecule has 1 amide bonds. The Hall–Kier alpha value is -2.57. The number of halogens is 2. The Morgan fingerprint density at radius 3 is 2.67 bits per heavy atom. The minimum absolute atomic E-state index is 0.209. The van der Waals surface area contributed by atoms with E-state index in [1.807, 2.05) is 0 Å². The number of carboxylic acids is 1. The van der Waals surface area contributed by atoms with Crippen molar-refractivity contribution in [3.63, 3.8) is 0 Å². The topological polar surface area (TPSA) is 88.0 Å². The van der Waals surface area contributed by atoms with Gasteiger partial charge in [-0.2, -0.15) is 5.10 Å². The Balaban J connectivity index is 2.06. The van der Waals surface area contributed by atoms with Crippen LogP contribution >= 0.6 is 23.2 Å². The van der Waals surface area contributed by atoms with Crippen molar-refractivity contribution in [2.24, 2.45) is 5.10 Å². The number of carbonyl (C=O) groups excluding carboxylic acids is 1. The molecule has 0 heterocycles. The first kappa shape index (κ1) is 17.8. The van der Waals surface area contributed by atoms with Crippen LogP contribution in [0.25, 0.3) is 0 Å². The van der Waals surface area contributed by atoms with E-state index in [2.05, 4.69) is 10.5 Å². The highest BCUT2D eigenvalue weighted by molar-refractivity contribution is 6.36. The number of benzene rings is 2. The first-order chi connectivity index (χ1) is 11.5. The zero-order valence-corrected chi connectivity index (χ0v) is 13.7. The van der Waals surface area contributed by atoms with Gasteiger partial charge in [0.05, 0.1) is 16.8 Å². The highest BCUT2D eigenvalue weighted by Gasteiger charge is 2.10. The fourth-order valence-electron chi connectivity index (χ4n) is 1.75. The molecule has 0 atom stereocenters. The van der Waals surface area contributed by atoms with E-state index >= 15 is 0 Å². The minimum atomic E-state index is -1.09. The summed E-state index contributed by atoms with van der Waals surface area (Å²) in [5, 5.41) is 13.1. The number of carbonyl (C=O) groups is 2. The van der Waals surface area contributed by atoms with Gasteiger partial charge in [0.1, 0.15) is 5.75 Å². The Kier molecular flexibility index (Phi) is 6.17. The quantitative estimate of drug-likeness (QED) is 0.606. The lowest BCUT2D eigenvalue weighted by molar-refractivity contribution is -0.139. The molecule has 0 bridgehead atoms. The minimum Gasteiger partial charge on any atom is -0.481 e. The number of nitrogens with zero attached hydrogens (tertiary/aromatic N) is 1. The van der Waals surface area contributed by atoms with E-state index in [4.69, 9.17) is 33.0 Å². The Morgan fingerprint density at radius 2 is 1.96 bits per heavy atom. The number of ether oxygens (including phenoxy) is 1. The molecule has 2 aromatic rings. The fraction of sp³-hybridized carbons (Fsp3) is 0.0625. The third kappa shape index (κ3) is 4.97. The molecule has 2 N–H and O–H groups in total. The van der Waals surface area contributed by atoms with Gasteiger partial charge in [0.2, 0.25) is 0 Å². The van der Waals surface area contributed by atoms with Gasteiger partial charge in [-0.1, -0.05) is 35.3 Å². The summed E-state index contributed by atoms with van der Waals surface area (Å²) in [6.45, 7) is -0.475. The van der Waals surface area contributed by atoms with Gasteiger partial charge >= 0.3 is 5.97 Å². The smallest absolute Gasteiger partial charge is 0.341 e. The number of hydrogen-bond donors (Lipinski definition) is 2. The maximum Gasteiger partial charge on any atom is 0.341 e. The van der Waals surface area contributed by atoms with Crippen molar-refractivity contribution >= 4 is 41.3 Å². The highest BCUT2D eigenvalue weighted by atomic mass is 35.5. The summed E-state index contributed by atoms with van der Waals surface area (Å²) in [5.41, 5.74) is 3.08. The summed E-state index contributed by atoms with van der Waals surface area (Å²) in [5.74, 6) is -1.26. The molecule has 0 fully saturated rings. The van der Waals surface area contributed by atoms with Crippen molar-refractivity contribution in [3.8, 4) is 5.75 Å². The molecule has 0 aromatic heterocycles. The average molecular weight is 367 g/mol. The number of amides is 1. The number of nitrogens with one attached hydrogen (secondary N) is 1. The molecular weight excluding hydrogens is 355 g/mol. The van der Waals surface area contributed by atoms with Gasteiger partial charge in [-0.15, -0.1) is 0 Å². The second-order valence-electron chi connectivity index (χ2n) is 4.54. The van der Waals surface area contributed by atoms with Crippen molar-refractivity contribution < 1.29 is 19.4 Å². The van der Waals surface area contributed by atoms with E-state index in [1.165, 1.54) is 18.3 Å². The second kappa shape index (κ2) is 8.33. The highest BCUT2D eigenvalue weighted by Crippen LogP contribution is 2.21. The van der Waals surface area contributed by atoms with Gasteiger partial charge in [0.15, 0.2) is 6.61 Å². The van der Waals surface area contributed by atoms with Crippen LogP contribution in [0.1, 0.15) is 15.9 Å². The van der Waals surface area contributed by atoms with Gasteiger partial charge in [-0.25, -0.2) is 10.2 Å². The van der Waals surface area contributed by atoms with Gasteiger partial charge in [-0.3, -0.25) is 4.79 Å². The molecule has 24 heavy (non-hydrogen) atoms. The summed E-state index contributed by atoms with van der Waals surface area (Å²) < 4.78 is 5.13. The molecule has 2 rings (SSSR count). The fourth-order valence-corrected chi connectivity index (χ4v) is 2.25. The Morgan fingerprint density at radius 1 is 1.21 bits per heavy atom. The molecule has 6 nitrogen and oxygen atoms in total. The first-order valence-corrected chi connectivity index (χ1v) is 7.45. The van der Waals surface area contributed by atoms with Crippen molar-refractivity contribution in [3.05, 3.63) is 63.6 Å². The lowest BCUT2D eigenvalue weighted by Crippen LogP contribution is -2.18. The summed E-state index contributed by atoms with van der Waals surface area (Å²) in [6.07, 6.45) is 1.35. The van der Waals surface area contributed by atoms with Crippen LogP contribution in [0.15, 0.2) is 47.6 Å². The van der Waals surface area contributed by atoms with Crippen LogP contribution in [0.5, 0.6) is 5.75 Å². The van der Waals surface area contributed by atoms with Gasteiger partial charge < -0.3 is 9.84 Å². The molecule has 0 spiro atoms. The van der Waals surface area contributed by atoms with Gasteiger partial charge in [0.25, 0.3) is 5.91 Å². The Labute approximate surface area is 147 Å². The first-order valence-electron chi connectivity index (χ1n) is 6.69. The molecule has 0 aliphatic heterocycles. The molecule has 0 saturated heterocycles. The number of aliphatic carboxylic acids is 1. The largest absolute Gasteiger partial charge is 0.481 e. The number of rotatable bonds is 6. The molecule has 0 unspecified atom stereocenters. The van der Waals surface area contributed by atoms with Crippen LogP contribution in [0.4, 0.5) is 0 Å². The van der Waals surface area contributed by atoms with Crippen LogP contribution in [0, 0.1) is 0 Å². The van der Waals surface area contributed by atoms with Crippen molar-refractivity contribution in [1.29, 1.82) is 0 Å². The molecular formula is C16H12Cl2N2O4. The summed E-state index contributed by atoms with van der Waals surface area (Å²) >= 11 is 11.7. The van der Waals surface area contributed by atoms with E-state index < -0.39 is 18.5 Å². The lowest BCUT2D eigenvalue weighted by Gasteiger charge is -2.06. The average Bonchev–Trinajstić information content (AvgIpc) is 2.53. The monoisotopic (exact) mass is 366 g/mol. The number of para-hydroxylation sites is 1. The van der Waals surface area contributed by atoms with E-state index in [-0.39, 0.29) is 10.6 Å². The summed E-state index contributed by atoms with van der Waals surface area (Å²) in [7, 11) is 0. The van der Waals surface area contributed by atoms with Gasteiger partial charge in [0, 0.05) is 10.6 Å². The van der Waals surface area contributed by atoms with Crippen LogP contribution in [0.3, 0.4) is 0 Å². The molecule has 8 heteroatoms. The zero-order valence-electron chi connectivity index (χ0n) is 12.2. The molecule has 0 radical (unpaired) electrons. The van der Waals surface area contributed by atoms with Crippen LogP contribution < -0.4 is 10.2 Å². The van der Waals surface area contributed by atoms with Gasteiger partial charge in [-0.05, 0) is 30.3 Å². The molecule has 0 aliphatic rings. The molecule has 2 aromatic carbocycles. The number of carboxylic acid groups (broad SMARTS) is 1. The predicted molar refractivity (Wildman–Crippen MR) is 91.1 cm³/mol. The maximum absolute atomic E-state index is 12.0. The zero-order chi connectivity index (χ0) is 17.5. The van der Waals surface area contributed by atoms with Crippen molar-refractivity contribution in [2.45, 2.75) is 0 Å². The molecule has 0 aliphatic carbocycles. The summed E-state index contributed by atoms with van der Waals surface area (Å²) in [6, 6.07) is 11.2. The van der Waals surface area contributed by atoms with E-state index in [0.29, 0.717) is 16.3 Å². The number of hydrazone groups is 1. The predicted octanol–water partition coefficient (Wildman–Crippen LogP) is 3.22. The van der Waals surface area contributed by atoms with E-state index in [1.54, 1.807) is 30.3 Å². The van der Waals surface area contributed by atoms with Crippen LogP contribution in [-0.2, 0) is 4.79 Å². The van der Waals surface area contributed by atoms with Crippen molar-refractivity contribution in [2.75, 3.05) is 6.61 Å². The third-order valence-electron chi connectivity index (χ3n) is 2.82. The molecule has 124 valence electrons. The van der Waals surface area contributed by atoms with E-state index in [0.717, 1.165) is 0 Å². The maximum atomic E-state index is 12.0. The summed E-state index contributed by atoms with van der Waals surface area (Å²) in [4.78, 5) is 22.6. The third-order valence-corrected chi connectivity index (χ3v) is 3.36. The Bertz CT molecular complexity index is 793. The molecule has 0 saturated carbocycles. The van der Waals surface area contributed by atoms with Crippen molar-refractivity contribution in [1.82, 2.24) is 5.43 Å².